The molecular formula is C32H33N3O4. The summed E-state index contributed by atoms with van der Waals surface area (Å²) in [5.41, 5.74) is 4.61. The van der Waals surface area contributed by atoms with Crippen LogP contribution in [-0.4, -0.2) is 33.5 Å². The number of nitrogens with one attached hydrogen (secondary N) is 1. The van der Waals surface area contributed by atoms with Gasteiger partial charge in [-0.1, -0.05) is 57.2 Å². The van der Waals surface area contributed by atoms with E-state index in [4.69, 9.17) is 4.74 Å². The Morgan fingerprint density at radius 2 is 1.49 bits per heavy atom. The predicted molar refractivity (Wildman–Crippen MR) is 151 cm³/mol. The van der Waals surface area contributed by atoms with Gasteiger partial charge in [0.25, 0.3) is 5.91 Å². The number of Topliss-reactive ketones (excluding diaryl/α,β-unsaturated/α-hetero) is 1. The van der Waals surface area contributed by atoms with Crippen molar-refractivity contribution in [1.29, 1.82) is 0 Å². The number of nitrogens with zero attached hydrogens (tertiary/aromatic N) is 2. The molecule has 7 nitrogen and oxygen atoms in total. The second-order valence-corrected chi connectivity index (χ2v) is 10.7. The van der Waals surface area contributed by atoms with E-state index in [1.165, 1.54) is 6.92 Å². The number of aromatic nitrogens is 2. The molecule has 200 valence electrons. The van der Waals surface area contributed by atoms with Crippen molar-refractivity contribution in [2.45, 2.75) is 45.6 Å². The van der Waals surface area contributed by atoms with E-state index in [1.807, 2.05) is 43.6 Å². The van der Waals surface area contributed by atoms with Crippen molar-refractivity contribution in [3.63, 3.8) is 0 Å². The molecule has 4 aromatic rings. The van der Waals surface area contributed by atoms with Gasteiger partial charge in [0.2, 0.25) is 0 Å². The molecule has 4 rings (SSSR count). The molecule has 0 saturated carbocycles. The van der Waals surface area contributed by atoms with Crippen molar-refractivity contribution >= 4 is 17.7 Å². The van der Waals surface area contributed by atoms with Crippen LogP contribution in [0.3, 0.4) is 0 Å². The molecule has 0 bridgehead atoms. The second-order valence-electron chi connectivity index (χ2n) is 10.7. The lowest BCUT2D eigenvalue weighted by molar-refractivity contribution is -0.118. The smallest absolute Gasteiger partial charge is 0.343 e. The molecule has 0 spiro atoms. The molecule has 1 aromatic heterocycles. The Hall–Kier alpha value is -4.52. The van der Waals surface area contributed by atoms with Crippen LogP contribution in [0.5, 0.6) is 5.75 Å². The highest BCUT2D eigenvalue weighted by molar-refractivity contribution is 5.97. The molecule has 0 fully saturated rings. The number of amides is 1. The number of rotatable bonds is 8. The Balaban J connectivity index is 1.35. The van der Waals surface area contributed by atoms with Crippen LogP contribution in [0, 0.1) is 0 Å². The average molecular weight is 524 g/mol. The molecular weight excluding hydrogens is 490 g/mol. The maximum atomic E-state index is 12.8. The SMILES string of the molecule is CC(=O)[C@H](Cc1ccc(OC(=O)c2ccc(-c3ccn(C)n3)cc2)cc1)NC(=O)c1ccc(C(C)(C)C)cc1. The van der Waals surface area contributed by atoms with E-state index in [1.54, 1.807) is 53.2 Å². The van der Waals surface area contributed by atoms with Gasteiger partial charge < -0.3 is 10.1 Å². The summed E-state index contributed by atoms with van der Waals surface area (Å²) in [5, 5.41) is 7.21. The Kier molecular flexibility index (Phi) is 8.10. The fourth-order valence-electron chi connectivity index (χ4n) is 4.10. The van der Waals surface area contributed by atoms with Gasteiger partial charge in [-0.2, -0.15) is 5.10 Å². The highest BCUT2D eigenvalue weighted by atomic mass is 16.5. The minimum atomic E-state index is -0.675. The molecule has 0 aliphatic carbocycles. The number of hydrogen-bond acceptors (Lipinski definition) is 5. The van der Waals surface area contributed by atoms with Gasteiger partial charge in [0.1, 0.15) is 5.75 Å². The maximum Gasteiger partial charge on any atom is 0.343 e. The van der Waals surface area contributed by atoms with Crippen LogP contribution < -0.4 is 10.1 Å². The van der Waals surface area contributed by atoms with E-state index in [-0.39, 0.29) is 17.1 Å². The van der Waals surface area contributed by atoms with E-state index in [9.17, 15) is 14.4 Å². The highest BCUT2D eigenvalue weighted by Gasteiger charge is 2.20. The van der Waals surface area contributed by atoms with E-state index >= 15 is 0 Å². The van der Waals surface area contributed by atoms with Crippen LogP contribution in [0.4, 0.5) is 0 Å². The zero-order valence-electron chi connectivity index (χ0n) is 22.9. The third-order valence-corrected chi connectivity index (χ3v) is 6.51. The average Bonchev–Trinajstić information content (AvgIpc) is 3.35. The monoisotopic (exact) mass is 523 g/mol. The number of carbonyl (C=O) groups is 3. The van der Waals surface area contributed by atoms with Crippen molar-refractivity contribution in [2.75, 3.05) is 0 Å². The van der Waals surface area contributed by atoms with Gasteiger partial charge in [0, 0.05) is 24.4 Å². The summed E-state index contributed by atoms with van der Waals surface area (Å²) in [4.78, 5) is 37.7. The topological polar surface area (TPSA) is 90.3 Å². The van der Waals surface area contributed by atoms with Crippen LogP contribution in [0.2, 0.25) is 0 Å². The first-order valence-electron chi connectivity index (χ1n) is 12.8. The van der Waals surface area contributed by atoms with Crippen molar-refractivity contribution in [1.82, 2.24) is 15.1 Å². The van der Waals surface area contributed by atoms with Crippen LogP contribution in [-0.2, 0) is 23.7 Å². The Morgan fingerprint density at radius 1 is 0.872 bits per heavy atom. The summed E-state index contributed by atoms with van der Waals surface area (Å²) in [6.07, 6.45) is 2.18. The van der Waals surface area contributed by atoms with E-state index in [0.29, 0.717) is 23.3 Å². The van der Waals surface area contributed by atoms with Crippen LogP contribution >= 0.6 is 0 Å². The number of benzene rings is 3. The van der Waals surface area contributed by atoms with Crippen molar-refractivity contribution in [3.05, 3.63) is 107 Å². The number of ketones is 1. The highest BCUT2D eigenvalue weighted by Crippen LogP contribution is 2.23. The van der Waals surface area contributed by atoms with E-state index in [2.05, 4.69) is 31.2 Å². The van der Waals surface area contributed by atoms with Gasteiger partial charge in [-0.3, -0.25) is 14.3 Å². The number of esters is 1. The summed E-state index contributed by atoms with van der Waals surface area (Å²) >= 11 is 0. The van der Waals surface area contributed by atoms with Gasteiger partial charge in [-0.05, 0) is 72.4 Å². The lowest BCUT2D eigenvalue weighted by Gasteiger charge is -2.20. The molecule has 39 heavy (non-hydrogen) atoms. The first-order chi connectivity index (χ1) is 18.5. The molecule has 0 saturated heterocycles. The molecule has 0 aliphatic rings. The zero-order valence-corrected chi connectivity index (χ0v) is 22.9. The van der Waals surface area contributed by atoms with Crippen LogP contribution in [0.15, 0.2) is 85.1 Å². The van der Waals surface area contributed by atoms with Crippen LogP contribution in [0.1, 0.15) is 59.5 Å². The third kappa shape index (κ3) is 7.08. The van der Waals surface area contributed by atoms with Crippen molar-refractivity contribution in [2.24, 2.45) is 7.05 Å². The number of hydrogen-bond donors (Lipinski definition) is 1. The van der Waals surface area contributed by atoms with E-state index in [0.717, 1.165) is 22.4 Å². The van der Waals surface area contributed by atoms with Crippen molar-refractivity contribution in [3.8, 4) is 17.0 Å². The quantitative estimate of drug-likeness (QED) is 0.242. The van der Waals surface area contributed by atoms with Gasteiger partial charge in [-0.25, -0.2) is 4.79 Å². The second kappa shape index (κ2) is 11.5. The summed E-state index contributed by atoms with van der Waals surface area (Å²) < 4.78 is 7.24. The molecule has 7 heteroatoms. The Morgan fingerprint density at radius 3 is 2.03 bits per heavy atom. The fourth-order valence-corrected chi connectivity index (χ4v) is 4.10. The zero-order chi connectivity index (χ0) is 28.2. The fraction of sp³-hybridized carbons (Fsp3) is 0.250. The summed E-state index contributed by atoms with van der Waals surface area (Å²) in [6.45, 7) is 7.80. The molecule has 1 heterocycles. The minimum absolute atomic E-state index is 0.0118. The lowest BCUT2D eigenvalue weighted by Crippen LogP contribution is -2.41. The first kappa shape index (κ1) is 27.5. The number of ether oxygens (including phenoxy) is 1. The molecule has 1 atom stereocenters. The normalized spacial score (nSPS) is 12.0. The van der Waals surface area contributed by atoms with Gasteiger partial charge in [-0.15, -0.1) is 0 Å². The molecule has 0 aliphatic heterocycles. The number of aryl methyl sites for hydroxylation is 1. The molecule has 1 amide bonds. The summed E-state index contributed by atoms with van der Waals surface area (Å²) in [5.74, 6) is -0.517. The molecule has 0 unspecified atom stereocenters. The van der Waals surface area contributed by atoms with Gasteiger partial charge in [0.05, 0.1) is 17.3 Å². The van der Waals surface area contributed by atoms with Gasteiger partial charge in [0.15, 0.2) is 5.78 Å². The Labute approximate surface area is 228 Å². The van der Waals surface area contributed by atoms with Gasteiger partial charge >= 0.3 is 5.97 Å². The molecule has 0 radical (unpaired) electrons. The maximum absolute atomic E-state index is 12.8. The summed E-state index contributed by atoms with van der Waals surface area (Å²) in [7, 11) is 1.85. The molecule has 3 aromatic carbocycles. The molecule has 1 N–H and O–H groups in total. The standard InChI is InChI=1S/C32H33N3O4/c1-21(36)29(33-30(37)24-12-14-26(15-13-24)32(2,3)4)20-22-6-16-27(17-7-22)39-31(38)25-10-8-23(9-11-25)28-18-19-35(5)34-28/h6-19,29H,20H2,1-5H3,(H,33,37)/t29-/m0/s1. The minimum Gasteiger partial charge on any atom is -0.423 e. The lowest BCUT2D eigenvalue weighted by atomic mass is 9.86. The van der Waals surface area contributed by atoms with Crippen molar-refractivity contribution < 1.29 is 19.1 Å². The van der Waals surface area contributed by atoms with E-state index < -0.39 is 12.0 Å². The Bertz CT molecular complexity index is 1460. The summed E-state index contributed by atoms with van der Waals surface area (Å²) in [6, 6.07) is 22.7. The largest absolute Gasteiger partial charge is 0.423 e. The van der Waals surface area contributed by atoms with Crippen LogP contribution in [0.25, 0.3) is 11.3 Å². The third-order valence-electron chi connectivity index (χ3n) is 6.51. The first-order valence-corrected chi connectivity index (χ1v) is 12.8. The number of carbonyl (C=O) groups excluding carboxylic acids is 3. The predicted octanol–water partition coefficient (Wildman–Crippen LogP) is 5.53.